The maximum absolute atomic E-state index is 9.75. The number of aliphatic hydroxyl groups excluding tert-OH is 1. The van der Waals surface area contributed by atoms with Crippen molar-refractivity contribution in [3.63, 3.8) is 0 Å². The number of aliphatic hydroxyl groups is 1. The van der Waals surface area contributed by atoms with Crippen LogP contribution in [0.25, 0.3) is 0 Å². The lowest BCUT2D eigenvalue weighted by Gasteiger charge is -2.35. The molecule has 1 aliphatic rings. The molecule has 1 aromatic rings. The molecule has 1 unspecified atom stereocenters. The molecule has 1 heterocycles. The lowest BCUT2D eigenvalue weighted by molar-refractivity contribution is 0.0230. The van der Waals surface area contributed by atoms with Crippen LogP contribution in [-0.2, 0) is 11.3 Å². The van der Waals surface area contributed by atoms with Crippen molar-refractivity contribution in [3.8, 4) is 0 Å². The number of ether oxygens (including phenoxy) is 1. The van der Waals surface area contributed by atoms with E-state index in [1.165, 1.54) is 11.1 Å². The number of benzene rings is 1. The zero-order valence-electron chi connectivity index (χ0n) is 12.6. The molecule has 0 aromatic heterocycles. The van der Waals surface area contributed by atoms with E-state index in [9.17, 15) is 5.11 Å². The van der Waals surface area contributed by atoms with Gasteiger partial charge >= 0.3 is 0 Å². The molecule has 1 saturated heterocycles. The van der Waals surface area contributed by atoms with Gasteiger partial charge in [-0.15, -0.1) is 0 Å². The normalized spacial score (nSPS) is 19.1. The second-order valence-electron chi connectivity index (χ2n) is 5.67. The molecule has 1 aliphatic heterocycles. The smallest absolute Gasteiger partial charge is 0.0900 e. The quantitative estimate of drug-likeness (QED) is 0.846. The minimum absolute atomic E-state index is 0.372. The molecule has 4 nitrogen and oxygen atoms in total. The van der Waals surface area contributed by atoms with E-state index in [4.69, 9.17) is 4.74 Å². The zero-order valence-corrected chi connectivity index (χ0v) is 12.6. The molecule has 1 atom stereocenters. The monoisotopic (exact) mass is 278 g/mol. The fourth-order valence-corrected chi connectivity index (χ4v) is 2.74. The molecule has 4 heteroatoms. The summed E-state index contributed by atoms with van der Waals surface area (Å²) in [5.41, 5.74) is 2.71. The predicted molar refractivity (Wildman–Crippen MR) is 80.8 cm³/mol. The zero-order chi connectivity index (χ0) is 14.4. The van der Waals surface area contributed by atoms with E-state index in [0.717, 1.165) is 32.7 Å². The Labute approximate surface area is 122 Å². The van der Waals surface area contributed by atoms with Gasteiger partial charge in [-0.2, -0.15) is 0 Å². The number of methoxy groups -OCH3 is 1. The Morgan fingerprint density at radius 2 is 1.90 bits per heavy atom. The Kier molecular flexibility index (Phi) is 5.98. The summed E-state index contributed by atoms with van der Waals surface area (Å²) in [6.45, 7) is 8.46. The van der Waals surface area contributed by atoms with E-state index in [-0.39, 0.29) is 6.10 Å². The fraction of sp³-hybridized carbons (Fsp3) is 0.625. The minimum atomic E-state index is -0.372. The maximum Gasteiger partial charge on any atom is 0.0900 e. The summed E-state index contributed by atoms with van der Waals surface area (Å²) in [5, 5.41) is 9.75. The molecule has 0 spiro atoms. The summed E-state index contributed by atoms with van der Waals surface area (Å²) in [7, 11) is 1.63. The Balaban J connectivity index is 1.74. The standard InChI is InChI=1S/C16H26N2O2/c1-14-4-3-5-15(10-14)11-17-6-8-18(9-7-17)12-16(19)13-20-2/h3-5,10,16,19H,6-9,11-13H2,1-2H3. The Morgan fingerprint density at radius 1 is 1.20 bits per heavy atom. The van der Waals surface area contributed by atoms with E-state index >= 15 is 0 Å². The lowest BCUT2D eigenvalue weighted by atomic mass is 10.1. The number of aryl methyl sites for hydroxylation is 1. The second kappa shape index (κ2) is 7.74. The van der Waals surface area contributed by atoms with Crippen molar-refractivity contribution < 1.29 is 9.84 Å². The third-order valence-corrected chi connectivity index (χ3v) is 3.78. The van der Waals surface area contributed by atoms with E-state index in [2.05, 4.69) is 41.0 Å². The minimum Gasteiger partial charge on any atom is -0.389 e. The number of rotatable bonds is 6. The largest absolute Gasteiger partial charge is 0.389 e. The van der Waals surface area contributed by atoms with Gasteiger partial charge in [-0.05, 0) is 12.5 Å². The lowest BCUT2D eigenvalue weighted by Crippen LogP contribution is -2.48. The molecule has 1 aromatic carbocycles. The fourth-order valence-electron chi connectivity index (χ4n) is 2.74. The number of hydrogen-bond donors (Lipinski definition) is 1. The van der Waals surface area contributed by atoms with Crippen LogP contribution >= 0.6 is 0 Å². The molecule has 20 heavy (non-hydrogen) atoms. The van der Waals surface area contributed by atoms with Gasteiger partial charge in [-0.3, -0.25) is 9.80 Å². The van der Waals surface area contributed by atoms with Crippen molar-refractivity contribution in [1.82, 2.24) is 9.80 Å². The summed E-state index contributed by atoms with van der Waals surface area (Å²) >= 11 is 0. The van der Waals surface area contributed by atoms with Crippen LogP contribution in [0.15, 0.2) is 24.3 Å². The third-order valence-electron chi connectivity index (χ3n) is 3.78. The maximum atomic E-state index is 9.75. The van der Waals surface area contributed by atoms with Crippen molar-refractivity contribution in [2.75, 3.05) is 46.4 Å². The first-order chi connectivity index (χ1) is 9.67. The Hall–Kier alpha value is -0.940. The first kappa shape index (κ1) is 15.4. The highest BCUT2D eigenvalue weighted by Crippen LogP contribution is 2.10. The molecule has 0 aliphatic carbocycles. The van der Waals surface area contributed by atoms with Gasteiger partial charge in [0.05, 0.1) is 12.7 Å². The van der Waals surface area contributed by atoms with E-state index < -0.39 is 0 Å². The molecule has 1 fully saturated rings. The van der Waals surface area contributed by atoms with E-state index in [0.29, 0.717) is 13.2 Å². The molecule has 1 N–H and O–H groups in total. The molecular formula is C16H26N2O2. The number of nitrogens with zero attached hydrogens (tertiary/aromatic N) is 2. The van der Waals surface area contributed by atoms with Crippen LogP contribution in [-0.4, -0.2) is 67.5 Å². The Morgan fingerprint density at radius 3 is 2.55 bits per heavy atom. The number of β-amino-alcohol motifs (C(OH)–C–C–N with tert-alkyl or cyclic N) is 1. The van der Waals surface area contributed by atoms with Gasteiger partial charge in [0.1, 0.15) is 0 Å². The van der Waals surface area contributed by atoms with Crippen molar-refractivity contribution in [2.45, 2.75) is 19.6 Å². The van der Waals surface area contributed by atoms with Crippen LogP contribution < -0.4 is 0 Å². The van der Waals surface area contributed by atoms with Crippen LogP contribution in [0.1, 0.15) is 11.1 Å². The average molecular weight is 278 g/mol. The van der Waals surface area contributed by atoms with Gasteiger partial charge in [-0.1, -0.05) is 29.8 Å². The molecule has 0 saturated carbocycles. The summed E-state index contributed by atoms with van der Waals surface area (Å²) in [6, 6.07) is 8.72. The highest BCUT2D eigenvalue weighted by molar-refractivity contribution is 5.22. The van der Waals surface area contributed by atoms with Crippen LogP contribution in [0, 0.1) is 6.92 Å². The summed E-state index contributed by atoms with van der Waals surface area (Å²) in [6.07, 6.45) is -0.372. The highest BCUT2D eigenvalue weighted by Gasteiger charge is 2.19. The SMILES string of the molecule is COCC(O)CN1CCN(Cc2cccc(C)c2)CC1. The van der Waals surface area contributed by atoms with Gasteiger partial charge in [0.15, 0.2) is 0 Å². The first-order valence-corrected chi connectivity index (χ1v) is 7.34. The molecule has 2 rings (SSSR count). The summed E-state index contributed by atoms with van der Waals surface area (Å²) in [5.74, 6) is 0. The summed E-state index contributed by atoms with van der Waals surface area (Å²) in [4.78, 5) is 4.80. The van der Waals surface area contributed by atoms with Crippen LogP contribution in [0.2, 0.25) is 0 Å². The average Bonchev–Trinajstić information content (AvgIpc) is 2.41. The molecule has 112 valence electrons. The van der Waals surface area contributed by atoms with Crippen LogP contribution in [0.5, 0.6) is 0 Å². The first-order valence-electron chi connectivity index (χ1n) is 7.34. The topological polar surface area (TPSA) is 35.9 Å². The van der Waals surface area contributed by atoms with E-state index in [1.54, 1.807) is 7.11 Å². The summed E-state index contributed by atoms with van der Waals surface area (Å²) < 4.78 is 4.97. The van der Waals surface area contributed by atoms with Gasteiger partial charge in [0, 0.05) is 46.4 Å². The van der Waals surface area contributed by atoms with E-state index in [1.807, 2.05) is 0 Å². The second-order valence-corrected chi connectivity index (χ2v) is 5.67. The molecule has 0 bridgehead atoms. The van der Waals surface area contributed by atoms with Crippen molar-refractivity contribution in [1.29, 1.82) is 0 Å². The van der Waals surface area contributed by atoms with Crippen LogP contribution in [0.3, 0.4) is 0 Å². The molecule has 0 amide bonds. The van der Waals surface area contributed by atoms with Crippen LogP contribution in [0.4, 0.5) is 0 Å². The highest BCUT2D eigenvalue weighted by atomic mass is 16.5. The molecule has 0 radical (unpaired) electrons. The predicted octanol–water partition coefficient (Wildman–Crippen LogP) is 1.12. The number of piperazine rings is 1. The Bertz CT molecular complexity index is 403. The van der Waals surface area contributed by atoms with Gasteiger partial charge in [0.2, 0.25) is 0 Å². The molecular weight excluding hydrogens is 252 g/mol. The third kappa shape index (κ3) is 4.87. The number of hydrogen-bond acceptors (Lipinski definition) is 4. The van der Waals surface area contributed by atoms with Gasteiger partial charge in [0.25, 0.3) is 0 Å². The van der Waals surface area contributed by atoms with Gasteiger partial charge in [-0.25, -0.2) is 0 Å². The van der Waals surface area contributed by atoms with Crippen molar-refractivity contribution in [3.05, 3.63) is 35.4 Å². The van der Waals surface area contributed by atoms with Crippen molar-refractivity contribution >= 4 is 0 Å². The van der Waals surface area contributed by atoms with Gasteiger partial charge < -0.3 is 9.84 Å². The van der Waals surface area contributed by atoms with Crippen molar-refractivity contribution in [2.24, 2.45) is 0 Å².